The van der Waals surface area contributed by atoms with E-state index in [9.17, 15) is 47.9 Å². The molecule has 0 amide bonds. The summed E-state index contributed by atoms with van der Waals surface area (Å²) >= 11 is 0. The Bertz CT molecular complexity index is 3100. The van der Waals surface area contributed by atoms with Gasteiger partial charge in [-0.1, -0.05) is 179 Å². The van der Waals surface area contributed by atoms with E-state index in [1.54, 1.807) is 0 Å². The third-order valence-electron chi connectivity index (χ3n) is 14.9. The van der Waals surface area contributed by atoms with Crippen molar-refractivity contribution in [2.75, 3.05) is 0 Å². The van der Waals surface area contributed by atoms with E-state index < -0.39 is 54.2 Å². The van der Waals surface area contributed by atoms with E-state index in [0.29, 0.717) is 5.92 Å². The van der Waals surface area contributed by atoms with Crippen molar-refractivity contribution in [2.24, 2.45) is 0 Å². The zero-order valence-electron chi connectivity index (χ0n) is 44.8. The molecule has 3 saturated carbocycles. The van der Waals surface area contributed by atoms with E-state index >= 15 is 0 Å². The lowest BCUT2D eigenvalue weighted by Crippen LogP contribution is -2.18. The fourth-order valence-electron chi connectivity index (χ4n) is 11.1. The van der Waals surface area contributed by atoms with Crippen molar-refractivity contribution in [1.29, 1.82) is 0 Å². The van der Waals surface area contributed by atoms with Crippen molar-refractivity contribution < 1.29 is 47.9 Å². The molecular weight excluding hydrogens is 1110 g/mol. The van der Waals surface area contributed by atoms with Gasteiger partial charge in [0.05, 0.1) is 26.7 Å². The van der Waals surface area contributed by atoms with Crippen LogP contribution in [-0.2, 0) is 42.0 Å². The van der Waals surface area contributed by atoms with Gasteiger partial charge in [0, 0.05) is 0 Å². The molecule has 0 N–H and O–H groups in total. The molecule has 0 heterocycles. The quantitative estimate of drug-likeness (QED) is 0.0419. The second-order valence-corrected chi connectivity index (χ2v) is 27.0. The molecular formula is C66H65F5O6S4. The van der Waals surface area contributed by atoms with E-state index in [-0.39, 0.29) is 38.5 Å². The second-order valence-electron chi connectivity index (χ2n) is 20.3. The van der Waals surface area contributed by atoms with Crippen LogP contribution >= 0.6 is 0 Å². The molecule has 0 aromatic heterocycles. The van der Waals surface area contributed by atoms with E-state index in [2.05, 4.69) is 194 Å². The lowest BCUT2D eigenvalue weighted by molar-refractivity contribution is 0.350. The van der Waals surface area contributed by atoms with Crippen molar-refractivity contribution in [3.8, 4) is 0 Å². The molecule has 3 aliphatic rings. The van der Waals surface area contributed by atoms with Crippen LogP contribution in [0.15, 0.2) is 233 Å². The van der Waals surface area contributed by atoms with Crippen molar-refractivity contribution in [3.05, 3.63) is 240 Å². The van der Waals surface area contributed by atoms with Gasteiger partial charge in [0.15, 0.2) is 52.6 Å². The molecule has 11 rings (SSSR count). The molecule has 8 aromatic rings. The minimum absolute atomic E-state index is 0.0146. The molecule has 0 bridgehead atoms. The van der Waals surface area contributed by atoms with Gasteiger partial charge in [-0.3, -0.25) is 0 Å². The molecule has 81 heavy (non-hydrogen) atoms. The van der Waals surface area contributed by atoms with Gasteiger partial charge < -0.3 is 9.11 Å². The fourth-order valence-corrected chi connectivity index (χ4v) is 16.9. The highest BCUT2D eigenvalue weighted by atomic mass is 32.2. The number of hydrogen-bond donors (Lipinski definition) is 0. The highest BCUT2D eigenvalue weighted by Crippen LogP contribution is 2.46. The normalized spacial score (nSPS) is 15.4. The average Bonchev–Trinajstić information content (AvgIpc) is 3.53. The Morgan fingerprint density at radius 2 is 0.531 bits per heavy atom. The van der Waals surface area contributed by atoms with E-state index in [1.807, 2.05) is 0 Å². The van der Waals surface area contributed by atoms with Gasteiger partial charge >= 0.3 is 0 Å². The van der Waals surface area contributed by atoms with Gasteiger partial charge in [0.2, 0.25) is 5.82 Å². The van der Waals surface area contributed by atoms with Gasteiger partial charge in [0.1, 0.15) is 25.1 Å². The summed E-state index contributed by atoms with van der Waals surface area (Å²) in [6, 6.07) is 68.6. The summed E-state index contributed by atoms with van der Waals surface area (Å²) in [6.07, 6.45) is 17.4. The van der Waals surface area contributed by atoms with Gasteiger partial charge in [-0.05, 0) is 146 Å². The smallest absolute Gasteiger partial charge is 0.200 e. The Balaban J connectivity index is 0.000000146. The van der Waals surface area contributed by atoms with Crippen LogP contribution in [0.5, 0.6) is 0 Å². The maximum Gasteiger partial charge on any atom is 0.200 e. The first-order valence-electron chi connectivity index (χ1n) is 27.5. The summed E-state index contributed by atoms with van der Waals surface area (Å²) in [4.78, 5) is 5.98. The van der Waals surface area contributed by atoms with Crippen molar-refractivity contribution >= 4 is 42.0 Å². The van der Waals surface area contributed by atoms with Crippen LogP contribution in [-0.4, -0.2) is 25.9 Å². The van der Waals surface area contributed by atoms with Gasteiger partial charge in [-0.2, -0.15) is 0 Å². The molecule has 6 nitrogen and oxygen atoms in total. The third kappa shape index (κ3) is 16.1. The van der Waals surface area contributed by atoms with Crippen LogP contribution in [0.1, 0.15) is 131 Å². The monoisotopic (exact) mass is 1180 g/mol. The fraction of sp³-hybridized carbons (Fsp3) is 0.273. The van der Waals surface area contributed by atoms with Crippen LogP contribution in [0.3, 0.4) is 0 Å². The van der Waals surface area contributed by atoms with E-state index in [4.69, 9.17) is 0 Å². The largest absolute Gasteiger partial charge is 0.744 e. The summed E-state index contributed by atoms with van der Waals surface area (Å²) in [5, 5.41) is 0. The maximum atomic E-state index is 12.6. The van der Waals surface area contributed by atoms with E-state index in [1.165, 1.54) is 79.9 Å². The Labute approximate surface area is 480 Å². The van der Waals surface area contributed by atoms with Gasteiger partial charge in [-0.25, -0.2) is 38.8 Å². The molecule has 424 valence electrons. The predicted molar refractivity (Wildman–Crippen MR) is 309 cm³/mol. The lowest BCUT2D eigenvalue weighted by atomic mass is 9.76. The first-order valence-corrected chi connectivity index (χ1v) is 32.8. The summed E-state index contributed by atoms with van der Waals surface area (Å²) < 4.78 is 130. The van der Waals surface area contributed by atoms with Crippen LogP contribution in [0.2, 0.25) is 0 Å². The zero-order chi connectivity index (χ0) is 57.4. The summed E-state index contributed by atoms with van der Waals surface area (Å²) in [7, 11) is -10.3. The standard InChI is InChI=1S/C24H36O3S.2C18H15S.C6HF5O3S/c25-28(26,27)24-22(19-12-6-2-7-13-19)16-21(18-10-4-1-5-11-18)17-23(24)20-14-8-3-9-15-20;2*1-4-10-16(11-5-1)19(17-12-6-2-7-13-17)18-14-8-3-9-15-18;7-1-2(8)4(10)6(15(12,13)14)5(11)3(1)9/h16-20H,1-15H2,(H,25,26,27);2*1-15H;(H,12,13,14)/q;2*+1;/p-2. The molecule has 8 aromatic carbocycles. The van der Waals surface area contributed by atoms with Crippen LogP contribution in [0, 0.1) is 29.1 Å². The molecule has 0 spiro atoms. The first-order chi connectivity index (χ1) is 39.1. The van der Waals surface area contributed by atoms with Gasteiger partial charge in [-0.15, -0.1) is 0 Å². The lowest BCUT2D eigenvalue weighted by Gasteiger charge is -2.33. The van der Waals surface area contributed by atoms with Gasteiger partial charge in [0.25, 0.3) is 0 Å². The third-order valence-corrected chi connectivity index (χ3v) is 21.2. The summed E-state index contributed by atoms with van der Waals surface area (Å²) in [6.45, 7) is 0. The Kier molecular flexibility index (Phi) is 22.0. The molecule has 0 aliphatic heterocycles. The van der Waals surface area contributed by atoms with Crippen molar-refractivity contribution in [1.82, 2.24) is 0 Å². The highest BCUT2D eigenvalue weighted by molar-refractivity contribution is 7.97. The molecule has 0 unspecified atom stereocenters. The zero-order valence-corrected chi connectivity index (χ0v) is 48.1. The Morgan fingerprint density at radius 1 is 0.309 bits per heavy atom. The van der Waals surface area contributed by atoms with E-state index in [0.717, 1.165) is 62.5 Å². The molecule has 3 fully saturated rings. The van der Waals surface area contributed by atoms with Crippen molar-refractivity contribution in [2.45, 2.75) is 153 Å². The molecule has 0 saturated heterocycles. The Morgan fingerprint density at radius 3 is 0.765 bits per heavy atom. The minimum atomic E-state index is -5.77. The average molecular weight is 1180 g/mol. The topological polar surface area (TPSA) is 114 Å². The summed E-state index contributed by atoms with van der Waals surface area (Å²) in [5.41, 5.74) is 3.10. The SMILES string of the molecule is O=S(=O)([O-])c1c(C2CCCCC2)cc(C2CCCCC2)cc1C1CCCCC1.O=S(=O)([O-])c1c(F)c(F)c(F)c(F)c1F.c1ccc([S+](c2ccccc2)c2ccccc2)cc1.c1ccc([S+](c2ccccc2)c2ccccc2)cc1. The highest BCUT2D eigenvalue weighted by Gasteiger charge is 2.33. The second kappa shape index (κ2) is 29.3. The van der Waals surface area contributed by atoms with Crippen LogP contribution in [0.4, 0.5) is 22.0 Å². The predicted octanol–water partition coefficient (Wildman–Crippen LogP) is 17.6. The molecule has 0 radical (unpaired) electrons. The van der Waals surface area contributed by atoms with Crippen molar-refractivity contribution in [3.63, 3.8) is 0 Å². The molecule has 3 aliphatic carbocycles. The van der Waals surface area contributed by atoms with Crippen LogP contribution in [0.25, 0.3) is 0 Å². The number of halogens is 5. The minimum Gasteiger partial charge on any atom is -0.744 e. The first kappa shape index (κ1) is 61.0. The molecule has 0 atom stereocenters. The summed E-state index contributed by atoms with van der Waals surface area (Å²) in [5.74, 6) is -11.8. The molecule has 15 heteroatoms. The Hall–Kier alpha value is -6.07. The number of rotatable bonds is 11. The van der Waals surface area contributed by atoms with Crippen LogP contribution < -0.4 is 0 Å². The number of hydrogen-bond acceptors (Lipinski definition) is 6. The maximum absolute atomic E-state index is 12.6. The number of benzene rings is 8.